The molecule has 0 amide bonds. The molecular weight excluding hydrogens is 136 g/mol. The van der Waals surface area contributed by atoms with Gasteiger partial charge in [-0.15, -0.1) is 11.8 Å². The van der Waals surface area contributed by atoms with E-state index in [4.69, 9.17) is 9.84 Å². The fraction of sp³-hybridized carbons (Fsp3) is 1.00. The molecule has 1 N–H and O–H groups in total. The molecule has 1 unspecified atom stereocenters. The molecule has 0 aliphatic heterocycles. The zero-order valence-electron chi connectivity index (χ0n) is 5.96. The second-order valence-electron chi connectivity index (χ2n) is 1.77. The molecule has 2 nitrogen and oxygen atoms in total. The molecule has 0 aliphatic rings. The Morgan fingerprint density at radius 1 is 1.67 bits per heavy atom. The lowest BCUT2D eigenvalue weighted by molar-refractivity contribution is 0.198. The summed E-state index contributed by atoms with van der Waals surface area (Å²) in [6, 6.07) is 0. The molecule has 0 aromatic carbocycles. The predicted molar refractivity (Wildman–Crippen MR) is 40.6 cm³/mol. The second kappa shape index (κ2) is 6.39. The number of thioether (sulfide) groups is 1. The first-order valence-corrected chi connectivity index (χ1v) is 4.16. The van der Waals surface area contributed by atoms with Gasteiger partial charge in [0.05, 0.1) is 12.5 Å². The molecule has 0 aliphatic carbocycles. The molecule has 0 saturated carbocycles. The van der Waals surface area contributed by atoms with E-state index < -0.39 is 0 Å². The molecule has 9 heavy (non-hydrogen) atoms. The number of hydrogen-bond acceptors (Lipinski definition) is 3. The summed E-state index contributed by atoms with van der Waals surface area (Å²) in [5.74, 6) is 0.693. The average molecular weight is 150 g/mol. The van der Waals surface area contributed by atoms with Gasteiger partial charge in [0, 0.05) is 11.9 Å². The summed E-state index contributed by atoms with van der Waals surface area (Å²) in [6.45, 7) is 4.93. The van der Waals surface area contributed by atoms with Crippen LogP contribution in [0.3, 0.4) is 0 Å². The zero-order valence-corrected chi connectivity index (χ0v) is 6.78. The third-order valence-electron chi connectivity index (χ3n) is 0.897. The topological polar surface area (TPSA) is 29.5 Å². The first-order valence-electron chi connectivity index (χ1n) is 3.11. The lowest BCUT2D eigenvalue weighted by Gasteiger charge is -2.05. The summed E-state index contributed by atoms with van der Waals surface area (Å²) < 4.78 is 5.06. The van der Waals surface area contributed by atoms with Gasteiger partial charge in [0.15, 0.2) is 0 Å². The molecule has 3 heteroatoms. The maximum absolute atomic E-state index is 8.56. The molecular formula is C6H14O2S. The van der Waals surface area contributed by atoms with Crippen LogP contribution >= 0.6 is 11.8 Å². The first kappa shape index (κ1) is 9.27. The van der Waals surface area contributed by atoms with Gasteiger partial charge in [0.2, 0.25) is 0 Å². The number of aliphatic hydroxyl groups excluding tert-OH is 1. The monoisotopic (exact) mass is 150 g/mol. The summed E-state index contributed by atoms with van der Waals surface area (Å²) in [5.41, 5.74) is 0. The van der Waals surface area contributed by atoms with E-state index in [0.29, 0.717) is 11.2 Å². The van der Waals surface area contributed by atoms with Crippen molar-refractivity contribution in [2.75, 3.05) is 19.2 Å². The van der Waals surface area contributed by atoms with Gasteiger partial charge in [-0.2, -0.15) is 0 Å². The highest BCUT2D eigenvalue weighted by atomic mass is 32.2. The summed E-state index contributed by atoms with van der Waals surface area (Å²) in [4.78, 5) is 0. The van der Waals surface area contributed by atoms with E-state index in [1.807, 2.05) is 13.8 Å². The van der Waals surface area contributed by atoms with E-state index >= 15 is 0 Å². The Morgan fingerprint density at radius 3 is 2.78 bits per heavy atom. The van der Waals surface area contributed by atoms with Crippen LogP contribution in [0, 0.1) is 0 Å². The van der Waals surface area contributed by atoms with Crippen LogP contribution in [0.2, 0.25) is 0 Å². The van der Waals surface area contributed by atoms with Crippen LogP contribution in [0.1, 0.15) is 13.8 Å². The maximum atomic E-state index is 8.56. The molecule has 0 bridgehead atoms. The zero-order chi connectivity index (χ0) is 7.11. The molecule has 0 radical (unpaired) electrons. The molecule has 0 aromatic heterocycles. The number of hydrogen-bond donors (Lipinski definition) is 1. The van der Waals surface area contributed by atoms with Crippen molar-refractivity contribution in [2.24, 2.45) is 0 Å². The number of aliphatic hydroxyl groups is 1. The second-order valence-corrected chi connectivity index (χ2v) is 3.14. The summed E-state index contributed by atoms with van der Waals surface area (Å²) in [7, 11) is 0. The maximum Gasteiger partial charge on any atom is 0.0924 e. The average Bonchev–Trinajstić information content (AvgIpc) is 1.89. The minimum absolute atomic E-state index is 0.234. The lowest BCUT2D eigenvalue weighted by atomic mass is 10.5. The van der Waals surface area contributed by atoms with Crippen molar-refractivity contribution >= 4 is 11.8 Å². The number of ether oxygens (including phenoxy) is 1. The Labute approximate surface area is 60.6 Å². The van der Waals surface area contributed by atoms with Crippen LogP contribution in [0.5, 0.6) is 0 Å². The van der Waals surface area contributed by atoms with Gasteiger partial charge in [-0.3, -0.25) is 0 Å². The highest BCUT2D eigenvalue weighted by Crippen LogP contribution is 2.08. The van der Waals surface area contributed by atoms with Gasteiger partial charge < -0.3 is 9.84 Å². The highest BCUT2D eigenvalue weighted by Gasteiger charge is 1.97. The van der Waals surface area contributed by atoms with E-state index in [0.717, 1.165) is 6.61 Å². The Balaban J connectivity index is 2.88. The quantitative estimate of drug-likeness (QED) is 0.470. The van der Waals surface area contributed by atoms with Crippen LogP contribution in [0.15, 0.2) is 0 Å². The van der Waals surface area contributed by atoms with Crippen LogP contribution < -0.4 is 0 Å². The fourth-order valence-corrected chi connectivity index (χ4v) is 0.901. The largest absolute Gasteiger partial charge is 0.395 e. The van der Waals surface area contributed by atoms with Crippen LogP contribution in [0.25, 0.3) is 0 Å². The molecule has 1 atom stereocenters. The van der Waals surface area contributed by atoms with Crippen molar-refractivity contribution in [3.05, 3.63) is 0 Å². The summed E-state index contributed by atoms with van der Waals surface area (Å²) in [5, 5.41) is 8.86. The predicted octanol–water partition coefficient (Wildman–Crippen LogP) is 1.09. The van der Waals surface area contributed by atoms with Gasteiger partial charge in [-0.05, 0) is 6.92 Å². The third kappa shape index (κ3) is 6.15. The molecule has 0 heterocycles. The normalized spacial score (nSPS) is 13.7. The summed E-state index contributed by atoms with van der Waals surface area (Å²) in [6.07, 6.45) is 0. The number of rotatable bonds is 5. The Kier molecular flexibility index (Phi) is 6.58. The van der Waals surface area contributed by atoms with E-state index in [-0.39, 0.29) is 6.61 Å². The molecule has 0 spiro atoms. The Hall–Kier alpha value is 0.270. The van der Waals surface area contributed by atoms with E-state index in [9.17, 15) is 0 Å². The lowest BCUT2D eigenvalue weighted by Crippen LogP contribution is -2.04. The van der Waals surface area contributed by atoms with Crippen LogP contribution in [-0.4, -0.2) is 29.5 Å². The Bertz CT molecular complexity index is 59.0. The Morgan fingerprint density at radius 2 is 2.33 bits per heavy atom. The van der Waals surface area contributed by atoms with Gasteiger partial charge in [-0.25, -0.2) is 0 Å². The van der Waals surface area contributed by atoms with Gasteiger partial charge in [0.25, 0.3) is 0 Å². The van der Waals surface area contributed by atoms with Crippen molar-refractivity contribution in [3.8, 4) is 0 Å². The SMILES string of the molecule is CCOCSC(C)CO. The molecule has 0 saturated heterocycles. The third-order valence-corrected chi connectivity index (χ3v) is 1.92. The van der Waals surface area contributed by atoms with Crippen molar-refractivity contribution in [2.45, 2.75) is 19.1 Å². The molecule has 56 valence electrons. The van der Waals surface area contributed by atoms with Crippen LogP contribution in [0.4, 0.5) is 0 Å². The van der Waals surface area contributed by atoms with Gasteiger partial charge in [0.1, 0.15) is 0 Å². The minimum atomic E-state index is 0.234. The smallest absolute Gasteiger partial charge is 0.0924 e. The van der Waals surface area contributed by atoms with Gasteiger partial charge >= 0.3 is 0 Å². The van der Waals surface area contributed by atoms with E-state index in [1.54, 1.807) is 11.8 Å². The highest BCUT2D eigenvalue weighted by molar-refractivity contribution is 7.99. The first-order chi connectivity index (χ1) is 4.31. The van der Waals surface area contributed by atoms with E-state index in [2.05, 4.69) is 0 Å². The fourth-order valence-electron chi connectivity index (χ4n) is 0.300. The molecule has 0 fully saturated rings. The minimum Gasteiger partial charge on any atom is -0.395 e. The van der Waals surface area contributed by atoms with Crippen molar-refractivity contribution in [1.82, 2.24) is 0 Å². The summed E-state index contributed by atoms with van der Waals surface area (Å²) >= 11 is 1.63. The molecule has 0 rings (SSSR count). The standard InChI is InChI=1S/C6H14O2S/c1-3-8-5-9-6(2)4-7/h6-7H,3-5H2,1-2H3. The van der Waals surface area contributed by atoms with Crippen molar-refractivity contribution in [1.29, 1.82) is 0 Å². The van der Waals surface area contributed by atoms with Crippen molar-refractivity contribution in [3.63, 3.8) is 0 Å². The van der Waals surface area contributed by atoms with E-state index in [1.165, 1.54) is 0 Å². The van der Waals surface area contributed by atoms with Crippen LogP contribution in [-0.2, 0) is 4.74 Å². The molecule has 0 aromatic rings. The van der Waals surface area contributed by atoms with Crippen molar-refractivity contribution < 1.29 is 9.84 Å². The van der Waals surface area contributed by atoms with Gasteiger partial charge in [-0.1, -0.05) is 6.92 Å².